The summed E-state index contributed by atoms with van der Waals surface area (Å²) in [7, 11) is 0. The van der Waals surface area contributed by atoms with Crippen LogP contribution in [0, 0.1) is 0 Å². The molecule has 0 saturated heterocycles. The minimum absolute atomic E-state index is 0.104. The molecule has 1 amide bonds. The molecule has 0 fully saturated rings. The van der Waals surface area contributed by atoms with Crippen LogP contribution in [0.5, 0.6) is 0 Å². The molecule has 26 heavy (non-hydrogen) atoms. The molecule has 0 radical (unpaired) electrons. The molecule has 134 valence electrons. The van der Waals surface area contributed by atoms with Crippen LogP contribution in [0.2, 0.25) is 5.02 Å². The van der Waals surface area contributed by atoms with Crippen LogP contribution in [0.25, 0.3) is 0 Å². The van der Waals surface area contributed by atoms with Crippen molar-refractivity contribution >= 4 is 29.0 Å². The van der Waals surface area contributed by atoms with E-state index in [4.69, 9.17) is 17.3 Å². The molecule has 0 saturated carbocycles. The summed E-state index contributed by atoms with van der Waals surface area (Å²) in [4.78, 5) is 12.4. The zero-order valence-electron chi connectivity index (χ0n) is 14.6. The van der Waals surface area contributed by atoms with Gasteiger partial charge in [0.15, 0.2) is 11.5 Å². The van der Waals surface area contributed by atoms with E-state index in [0.29, 0.717) is 23.2 Å². The summed E-state index contributed by atoms with van der Waals surface area (Å²) in [5.41, 5.74) is 9.01. The number of anilines is 2. The topological polar surface area (TPSA) is 85.8 Å². The van der Waals surface area contributed by atoms with Gasteiger partial charge in [-0.25, -0.2) is 4.68 Å². The molecule has 0 atom stereocenters. The van der Waals surface area contributed by atoms with E-state index in [0.717, 1.165) is 5.56 Å². The average Bonchev–Trinajstić information content (AvgIpc) is 2.98. The molecule has 1 aromatic heterocycles. The van der Waals surface area contributed by atoms with Crippen LogP contribution in [-0.4, -0.2) is 20.9 Å². The number of hydrogen-bond donors (Lipinski definition) is 2. The predicted molar refractivity (Wildman–Crippen MR) is 103 cm³/mol. The smallest absolute Gasteiger partial charge is 0.280 e. The Kier molecular flexibility index (Phi) is 5.23. The Morgan fingerprint density at radius 2 is 1.81 bits per heavy atom. The maximum atomic E-state index is 12.4. The van der Waals surface area contributed by atoms with E-state index in [2.05, 4.69) is 29.5 Å². The van der Waals surface area contributed by atoms with E-state index < -0.39 is 0 Å². The lowest BCUT2D eigenvalue weighted by Crippen LogP contribution is -2.15. The average molecular weight is 370 g/mol. The SMILES string of the molecule is CC(C)c1ccc(NC(=O)c2nnn(Cc3ccc(Cl)cc3)c2N)cc1. The van der Waals surface area contributed by atoms with Gasteiger partial charge in [0.1, 0.15) is 0 Å². The first kappa shape index (κ1) is 17.9. The van der Waals surface area contributed by atoms with E-state index in [1.807, 2.05) is 36.4 Å². The fraction of sp³-hybridized carbons (Fsp3) is 0.211. The van der Waals surface area contributed by atoms with Gasteiger partial charge in [-0.05, 0) is 41.3 Å². The number of nitrogens with zero attached hydrogens (tertiary/aromatic N) is 3. The van der Waals surface area contributed by atoms with Crippen molar-refractivity contribution in [3.05, 3.63) is 70.4 Å². The summed E-state index contributed by atoms with van der Waals surface area (Å²) in [6.07, 6.45) is 0. The van der Waals surface area contributed by atoms with Crippen LogP contribution >= 0.6 is 11.6 Å². The first-order valence-corrected chi connectivity index (χ1v) is 8.66. The van der Waals surface area contributed by atoms with Crippen molar-refractivity contribution in [3.63, 3.8) is 0 Å². The predicted octanol–water partition coefficient (Wildman–Crippen LogP) is 3.94. The number of carbonyl (C=O) groups excluding carboxylic acids is 1. The van der Waals surface area contributed by atoms with Crippen molar-refractivity contribution in [1.29, 1.82) is 0 Å². The molecule has 0 aliphatic carbocycles. The molecule has 0 bridgehead atoms. The highest BCUT2D eigenvalue weighted by Gasteiger charge is 2.18. The maximum absolute atomic E-state index is 12.4. The largest absolute Gasteiger partial charge is 0.382 e. The van der Waals surface area contributed by atoms with Crippen LogP contribution in [0.4, 0.5) is 11.5 Å². The lowest BCUT2D eigenvalue weighted by Gasteiger charge is -2.08. The Hall–Kier alpha value is -2.86. The van der Waals surface area contributed by atoms with E-state index in [9.17, 15) is 4.79 Å². The number of rotatable bonds is 5. The molecule has 0 aliphatic rings. The Morgan fingerprint density at radius 3 is 2.42 bits per heavy atom. The Labute approximate surface area is 157 Å². The highest BCUT2D eigenvalue weighted by atomic mass is 35.5. The molecule has 0 aliphatic heterocycles. The monoisotopic (exact) mass is 369 g/mol. The Bertz CT molecular complexity index is 901. The van der Waals surface area contributed by atoms with Gasteiger partial charge in [0.2, 0.25) is 0 Å². The van der Waals surface area contributed by atoms with Crippen LogP contribution in [0.1, 0.15) is 41.4 Å². The lowest BCUT2D eigenvalue weighted by atomic mass is 10.0. The van der Waals surface area contributed by atoms with Crippen molar-refractivity contribution < 1.29 is 4.79 Å². The van der Waals surface area contributed by atoms with Gasteiger partial charge in [0.05, 0.1) is 6.54 Å². The molecule has 6 nitrogen and oxygen atoms in total. The van der Waals surface area contributed by atoms with Crippen LogP contribution in [0.15, 0.2) is 48.5 Å². The third-order valence-corrected chi connectivity index (χ3v) is 4.32. The second kappa shape index (κ2) is 7.58. The van der Waals surface area contributed by atoms with E-state index in [1.165, 1.54) is 10.2 Å². The summed E-state index contributed by atoms with van der Waals surface area (Å²) in [5, 5.41) is 11.4. The molecule has 3 rings (SSSR count). The van der Waals surface area contributed by atoms with Gasteiger partial charge in [-0.3, -0.25) is 4.79 Å². The molecule has 3 N–H and O–H groups in total. The highest BCUT2D eigenvalue weighted by molar-refractivity contribution is 6.30. The number of nitrogen functional groups attached to an aromatic ring is 1. The summed E-state index contributed by atoms with van der Waals surface area (Å²) in [6, 6.07) is 15.0. The first-order chi connectivity index (χ1) is 12.4. The number of halogens is 1. The van der Waals surface area contributed by atoms with Gasteiger partial charge in [-0.1, -0.05) is 54.9 Å². The summed E-state index contributed by atoms with van der Waals surface area (Å²) >= 11 is 5.88. The molecule has 2 aromatic carbocycles. The maximum Gasteiger partial charge on any atom is 0.280 e. The zero-order valence-corrected chi connectivity index (χ0v) is 15.4. The number of benzene rings is 2. The van der Waals surface area contributed by atoms with Gasteiger partial charge in [0.25, 0.3) is 5.91 Å². The molecule has 7 heteroatoms. The van der Waals surface area contributed by atoms with E-state index in [-0.39, 0.29) is 17.4 Å². The van der Waals surface area contributed by atoms with Crippen molar-refractivity contribution in [1.82, 2.24) is 15.0 Å². The standard InChI is InChI=1S/C19H20ClN5O/c1-12(2)14-5-9-16(10-6-14)22-19(26)17-18(21)25(24-23-17)11-13-3-7-15(20)8-4-13/h3-10,12H,11,21H2,1-2H3,(H,22,26). The Morgan fingerprint density at radius 1 is 1.15 bits per heavy atom. The number of carbonyl (C=O) groups is 1. The van der Waals surface area contributed by atoms with Gasteiger partial charge in [0, 0.05) is 10.7 Å². The first-order valence-electron chi connectivity index (χ1n) is 8.28. The number of amides is 1. The minimum Gasteiger partial charge on any atom is -0.382 e. The fourth-order valence-corrected chi connectivity index (χ4v) is 2.63. The second-order valence-electron chi connectivity index (χ2n) is 6.34. The summed E-state index contributed by atoms with van der Waals surface area (Å²) in [6.45, 7) is 4.65. The summed E-state index contributed by atoms with van der Waals surface area (Å²) < 4.78 is 1.49. The van der Waals surface area contributed by atoms with Crippen molar-refractivity contribution in [2.24, 2.45) is 0 Å². The Balaban J connectivity index is 1.72. The van der Waals surface area contributed by atoms with Gasteiger partial charge in [-0.15, -0.1) is 5.10 Å². The van der Waals surface area contributed by atoms with Crippen LogP contribution in [-0.2, 0) is 6.54 Å². The van der Waals surface area contributed by atoms with Gasteiger partial charge in [-0.2, -0.15) is 0 Å². The molecular formula is C19H20ClN5O. The molecule has 0 unspecified atom stereocenters. The highest BCUT2D eigenvalue weighted by Crippen LogP contribution is 2.19. The summed E-state index contributed by atoms with van der Waals surface area (Å²) in [5.74, 6) is 0.265. The molecule has 1 heterocycles. The second-order valence-corrected chi connectivity index (χ2v) is 6.77. The minimum atomic E-state index is -0.387. The van der Waals surface area contributed by atoms with Crippen molar-refractivity contribution in [2.45, 2.75) is 26.3 Å². The fourth-order valence-electron chi connectivity index (χ4n) is 2.50. The molecule has 0 spiro atoms. The lowest BCUT2D eigenvalue weighted by molar-refractivity contribution is 0.102. The van der Waals surface area contributed by atoms with Gasteiger partial charge >= 0.3 is 0 Å². The third kappa shape index (κ3) is 4.03. The van der Waals surface area contributed by atoms with E-state index >= 15 is 0 Å². The number of hydrogen-bond acceptors (Lipinski definition) is 4. The van der Waals surface area contributed by atoms with Crippen molar-refractivity contribution in [2.75, 3.05) is 11.1 Å². The van der Waals surface area contributed by atoms with Gasteiger partial charge < -0.3 is 11.1 Å². The molecule has 3 aromatic rings. The number of aromatic nitrogens is 3. The van der Waals surface area contributed by atoms with Crippen LogP contribution in [0.3, 0.4) is 0 Å². The number of nitrogens with one attached hydrogen (secondary N) is 1. The zero-order chi connectivity index (χ0) is 18.7. The van der Waals surface area contributed by atoms with Crippen LogP contribution < -0.4 is 11.1 Å². The normalized spacial score (nSPS) is 10.9. The quantitative estimate of drug-likeness (QED) is 0.713. The van der Waals surface area contributed by atoms with E-state index in [1.54, 1.807) is 12.1 Å². The van der Waals surface area contributed by atoms with Crippen molar-refractivity contribution in [3.8, 4) is 0 Å². The molecular weight excluding hydrogens is 350 g/mol. The number of nitrogens with two attached hydrogens (primary N) is 1. The third-order valence-electron chi connectivity index (χ3n) is 4.07.